The molecule has 2 rings (SSSR count). The molecule has 14 heavy (non-hydrogen) atoms. The standard InChI is InChI=1S/C9H9BrN2OS/c10-8-2-1-7(13-8)6(11)5-9-12-3-4-14-9/h1-4,6H,5,11H2. The molecule has 0 saturated heterocycles. The maximum absolute atomic E-state index is 5.95. The molecular formula is C9H9BrN2OS. The van der Waals surface area contributed by atoms with Gasteiger partial charge in [-0.25, -0.2) is 4.98 Å². The lowest BCUT2D eigenvalue weighted by atomic mass is 10.2. The van der Waals surface area contributed by atoms with Gasteiger partial charge in [-0.1, -0.05) is 0 Å². The minimum Gasteiger partial charge on any atom is -0.453 e. The monoisotopic (exact) mass is 272 g/mol. The van der Waals surface area contributed by atoms with E-state index in [1.807, 2.05) is 17.5 Å². The van der Waals surface area contributed by atoms with E-state index < -0.39 is 0 Å². The van der Waals surface area contributed by atoms with Crippen molar-refractivity contribution >= 4 is 27.3 Å². The maximum Gasteiger partial charge on any atom is 0.169 e. The second kappa shape index (κ2) is 4.25. The summed E-state index contributed by atoms with van der Waals surface area (Å²) >= 11 is 4.85. The molecule has 0 aliphatic rings. The molecule has 1 unspecified atom stereocenters. The van der Waals surface area contributed by atoms with Gasteiger partial charge in [0.15, 0.2) is 4.67 Å². The Kier molecular flexibility index (Phi) is 3.00. The second-order valence-corrected chi connectivity index (χ2v) is 4.64. The van der Waals surface area contributed by atoms with Crippen LogP contribution in [0.15, 0.2) is 32.8 Å². The van der Waals surface area contributed by atoms with Crippen LogP contribution in [0.2, 0.25) is 0 Å². The molecule has 2 aromatic heterocycles. The van der Waals surface area contributed by atoms with E-state index in [4.69, 9.17) is 10.2 Å². The smallest absolute Gasteiger partial charge is 0.169 e. The first-order chi connectivity index (χ1) is 6.75. The number of hydrogen-bond acceptors (Lipinski definition) is 4. The van der Waals surface area contributed by atoms with Crippen molar-refractivity contribution in [1.82, 2.24) is 4.98 Å². The first kappa shape index (κ1) is 9.89. The number of rotatable bonds is 3. The number of thiazole rings is 1. The molecular weight excluding hydrogens is 264 g/mol. The van der Waals surface area contributed by atoms with Gasteiger partial charge in [-0.2, -0.15) is 0 Å². The molecule has 3 nitrogen and oxygen atoms in total. The molecule has 1 atom stereocenters. The van der Waals surface area contributed by atoms with Gasteiger partial charge in [-0.05, 0) is 28.1 Å². The van der Waals surface area contributed by atoms with E-state index in [0.717, 1.165) is 17.2 Å². The van der Waals surface area contributed by atoms with Gasteiger partial charge in [0, 0.05) is 18.0 Å². The summed E-state index contributed by atoms with van der Waals surface area (Å²) in [5.74, 6) is 0.784. The molecule has 2 heterocycles. The molecule has 2 N–H and O–H groups in total. The zero-order valence-corrected chi connectivity index (χ0v) is 9.72. The molecule has 0 aliphatic heterocycles. The van der Waals surface area contributed by atoms with Crippen molar-refractivity contribution in [3.05, 3.63) is 39.1 Å². The lowest BCUT2D eigenvalue weighted by Gasteiger charge is -2.05. The van der Waals surface area contributed by atoms with E-state index in [-0.39, 0.29) is 6.04 Å². The lowest BCUT2D eigenvalue weighted by Crippen LogP contribution is -2.12. The molecule has 0 saturated carbocycles. The Morgan fingerprint density at radius 2 is 2.43 bits per heavy atom. The highest BCUT2D eigenvalue weighted by atomic mass is 79.9. The van der Waals surface area contributed by atoms with Crippen molar-refractivity contribution in [2.45, 2.75) is 12.5 Å². The summed E-state index contributed by atoms with van der Waals surface area (Å²) in [6.45, 7) is 0. The van der Waals surface area contributed by atoms with Gasteiger partial charge in [0.2, 0.25) is 0 Å². The summed E-state index contributed by atoms with van der Waals surface area (Å²) in [4.78, 5) is 4.17. The predicted octanol–water partition coefficient (Wildman–Crippen LogP) is 2.74. The van der Waals surface area contributed by atoms with Gasteiger partial charge in [-0.3, -0.25) is 0 Å². The van der Waals surface area contributed by atoms with Gasteiger partial charge in [-0.15, -0.1) is 11.3 Å². The van der Waals surface area contributed by atoms with Crippen LogP contribution in [0.5, 0.6) is 0 Å². The highest BCUT2D eigenvalue weighted by molar-refractivity contribution is 9.10. The Labute approximate surface area is 94.1 Å². The third-order valence-corrected chi connectivity index (χ3v) is 3.07. The predicted molar refractivity (Wildman–Crippen MR) is 59.2 cm³/mol. The van der Waals surface area contributed by atoms with E-state index >= 15 is 0 Å². The fraction of sp³-hybridized carbons (Fsp3) is 0.222. The van der Waals surface area contributed by atoms with Gasteiger partial charge in [0.25, 0.3) is 0 Å². The number of halogens is 1. The lowest BCUT2D eigenvalue weighted by molar-refractivity contribution is 0.447. The Hall–Kier alpha value is -0.650. The molecule has 0 bridgehead atoms. The van der Waals surface area contributed by atoms with Gasteiger partial charge >= 0.3 is 0 Å². The topological polar surface area (TPSA) is 52.0 Å². The summed E-state index contributed by atoms with van der Waals surface area (Å²) < 4.78 is 6.07. The van der Waals surface area contributed by atoms with Crippen LogP contribution < -0.4 is 5.73 Å². The molecule has 2 aromatic rings. The van der Waals surface area contributed by atoms with Crippen molar-refractivity contribution < 1.29 is 4.42 Å². The minimum absolute atomic E-state index is 0.118. The van der Waals surface area contributed by atoms with E-state index in [9.17, 15) is 0 Å². The third kappa shape index (κ3) is 2.23. The van der Waals surface area contributed by atoms with E-state index in [0.29, 0.717) is 4.67 Å². The molecule has 0 amide bonds. The van der Waals surface area contributed by atoms with Crippen molar-refractivity contribution in [2.75, 3.05) is 0 Å². The fourth-order valence-electron chi connectivity index (χ4n) is 1.17. The molecule has 0 radical (unpaired) electrons. The summed E-state index contributed by atoms with van der Waals surface area (Å²) in [6.07, 6.45) is 2.50. The SMILES string of the molecule is NC(Cc1nccs1)c1ccc(Br)o1. The van der Waals surface area contributed by atoms with Crippen LogP contribution in [0.1, 0.15) is 16.8 Å². The Morgan fingerprint density at radius 3 is 3.00 bits per heavy atom. The van der Waals surface area contributed by atoms with E-state index in [1.54, 1.807) is 17.5 Å². The third-order valence-electron chi connectivity index (χ3n) is 1.84. The van der Waals surface area contributed by atoms with E-state index in [1.165, 1.54) is 0 Å². The fourth-order valence-corrected chi connectivity index (χ4v) is 2.17. The summed E-state index contributed by atoms with van der Waals surface area (Å²) in [7, 11) is 0. The first-order valence-corrected chi connectivity index (χ1v) is 5.82. The molecule has 5 heteroatoms. The Bertz CT molecular complexity index is 399. The highest BCUT2D eigenvalue weighted by Crippen LogP contribution is 2.22. The van der Waals surface area contributed by atoms with Crippen molar-refractivity contribution in [1.29, 1.82) is 0 Å². The molecule has 0 aromatic carbocycles. The summed E-state index contributed by atoms with van der Waals surface area (Å²) in [5, 5.41) is 2.98. The zero-order valence-electron chi connectivity index (χ0n) is 7.31. The zero-order chi connectivity index (χ0) is 9.97. The van der Waals surface area contributed by atoms with Gasteiger partial charge < -0.3 is 10.2 Å². The highest BCUT2D eigenvalue weighted by Gasteiger charge is 2.12. The first-order valence-electron chi connectivity index (χ1n) is 4.15. The van der Waals surface area contributed by atoms with Gasteiger partial charge in [0.1, 0.15) is 5.76 Å². The normalized spacial score (nSPS) is 13.0. The van der Waals surface area contributed by atoms with Crippen LogP contribution in [0.4, 0.5) is 0 Å². The number of hydrogen-bond donors (Lipinski definition) is 1. The molecule has 0 aliphatic carbocycles. The molecule has 0 fully saturated rings. The Morgan fingerprint density at radius 1 is 1.57 bits per heavy atom. The van der Waals surface area contributed by atoms with Crippen LogP contribution in [0.25, 0.3) is 0 Å². The maximum atomic E-state index is 5.95. The van der Waals surface area contributed by atoms with Crippen molar-refractivity contribution in [2.24, 2.45) is 5.73 Å². The van der Waals surface area contributed by atoms with Crippen LogP contribution in [-0.4, -0.2) is 4.98 Å². The molecule has 0 spiro atoms. The van der Waals surface area contributed by atoms with E-state index in [2.05, 4.69) is 20.9 Å². The van der Waals surface area contributed by atoms with Gasteiger partial charge in [0.05, 0.1) is 11.0 Å². The number of furan rings is 1. The number of aromatic nitrogens is 1. The average molecular weight is 273 g/mol. The Balaban J connectivity index is 2.06. The van der Waals surface area contributed by atoms with Crippen molar-refractivity contribution in [3.8, 4) is 0 Å². The minimum atomic E-state index is -0.118. The van der Waals surface area contributed by atoms with Crippen LogP contribution in [0.3, 0.4) is 0 Å². The second-order valence-electron chi connectivity index (χ2n) is 2.88. The average Bonchev–Trinajstić information content (AvgIpc) is 2.75. The largest absolute Gasteiger partial charge is 0.453 e. The summed E-state index contributed by atoms with van der Waals surface area (Å²) in [6, 6.07) is 3.60. The summed E-state index contributed by atoms with van der Waals surface area (Å²) in [5.41, 5.74) is 5.95. The quantitative estimate of drug-likeness (QED) is 0.935. The number of nitrogens with two attached hydrogens (primary N) is 1. The van der Waals surface area contributed by atoms with Crippen molar-refractivity contribution in [3.63, 3.8) is 0 Å². The van der Waals surface area contributed by atoms with Crippen LogP contribution in [0, 0.1) is 0 Å². The van der Waals surface area contributed by atoms with Crippen LogP contribution in [-0.2, 0) is 6.42 Å². The van der Waals surface area contributed by atoms with Crippen LogP contribution >= 0.6 is 27.3 Å². The number of nitrogens with zero attached hydrogens (tertiary/aromatic N) is 1. The molecule has 74 valence electrons.